The lowest BCUT2D eigenvalue weighted by molar-refractivity contribution is -0.116. The second-order valence-electron chi connectivity index (χ2n) is 4.99. The van der Waals surface area contributed by atoms with Gasteiger partial charge < -0.3 is 10.1 Å². The van der Waals surface area contributed by atoms with Crippen LogP contribution in [0.1, 0.15) is 23.2 Å². The number of anilines is 1. The predicted molar refractivity (Wildman–Crippen MR) is 86.2 cm³/mol. The number of hydrogen-bond acceptors (Lipinski definition) is 5. The number of hydrogen-bond donors (Lipinski definition) is 1. The fraction of sp³-hybridized carbons (Fsp3) is 0.429. The van der Waals surface area contributed by atoms with Crippen LogP contribution in [0.15, 0.2) is 18.2 Å². The minimum absolute atomic E-state index is 0.0539. The Kier molecular flexibility index (Phi) is 5.61. The van der Waals surface area contributed by atoms with Gasteiger partial charge in [0.1, 0.15) is 0 Å². The SMILES string of the molecule is COCCCNC(=O)c1ccc(N2C(=O)CCS2(=O)=O)cc1Cl. The van der Waals surface area contributed by atoms with E-state index in [1.165, 1.54) is 18.2 Å². The quantitative estimate of drug-likeness (QED) is 0.769. The smallest absolute Gasteiger partial charge is 0.252 e. The zero-order valence-electron chi connectivity index (χ0n) is 12.5. The Balaban J connectivity index is 2.15. The number of nitrogens with zero attached hydrogens (tertiary/aromatic N) is 1. The first kappa shape index (κ1) is 17.7. The molecule has 1 aromatic carbocycles. The van der Waals surface area contributed by atoms with Crippen molar-refractivity contribution in [3.8, 4) is 0 Å². The van der Waals surface area contributed by atoms with Gasteiger partial charge >= 0.3 is 0 Å². The number of rotatable bonds is 6. The molecule has 7 nitrogen and oxygen atoms in total. The monoisotopic (exact) mass is 360 g/mol. The number of methoxy groups -OCH3 is 1. The van der Waals surface area contributed by atoms with Crippen LogP contribution in [0.25, 0.3) is 0 Å². The normalized spacial score (nSPS) is 16.6. The fourth-order valence-electron chi connectivity index (χ4n) is 2.20. The van der Waals surface area contributed by atoms with Crippen molar-refractivity contribution < 1.29 is 22.7 Å². The first-order chi connectivity index (χ1) is 10.9. The van der Waals surface area contributed by atoms with Gasteiger partial charge in [0, 0.05) is 26.7 Å². The van der Waals surface area contributed by atoms with Crippen molar-refractivity contribution in [3.05, 3.63) is 28.8 Å². The molecule has 1 N–H and O–H groups in total. The molecule has 2 amide bonds. The van der Waals surface area contributed by atoms with Crippen molar-refractivity contribution in [3.63, 3.8) is 0 Å². The van der Waals surface area contributed by atoms with Crippen molar-refractivity contribution in [2.75, 3.05) is 30.3 Å². The maximum absolute atomic E-state index is 12.0. The highest BCUT2D eigenvalue weighted by Crippen LogP contribution is 2.29. The summed E-state index contributed by atoms with van der Waals surface area (Å²) in [6, 6.07) is 4.12. The van der Waals surface area contributed by atoms with E-state index in [4.69, 9.17) is 16.3 Å². The maximum Gasteiger partial charge on any atom is 0.252 e. The Morgan fingerprint density at radius 1 is 1.43 bits per heavy atom. The molecule has 1 saturated heterocycles. The number of amides is 2. The first-order valence-electron chi connectivity index (χ1n) is 6.99. The molecule has 1 heterocycles. The van der Waals surface area contributed by atoms with Crippen LogP contribution in [0.4, 0.5) is 5.69 Å². The standard InChI is InChI=1S/C14H17ClN2O5S/c1-22-7-2-6-16-14(19)11-4-3-10(9-12(11)15)17-13(18)5-8-23(17,20)21/h3-4,9H,2,5-8H2,1H3,(H,16,19). The number of halogens is 1. The van der Waals surface area contributed by atoms with E-state index in [0.29, 0.717) is 19.6 Å². The zero-order valence-corrected chi connectivity index (χ0v) is 14.1. The van der Waals surface area contributed by atoms with Crippen molar-refractivity contribution in [1.82, 2.24) is 5.32 Å². The second kappa shape index (κ2) is 7.29. The molecule has 1 aliphatic rings. The summed E-state index contributed by atoms with van der Waals surface area (Å²) >= 11 is 6.07. The van der Waals surface area contributed by atoms with Gasteiger partial charge in [-0.2, -0.15) is 0 Å². The van der Waals surface area contributed by atoms with Gasteiger partial charge in [0.2, 0.25) is 15.9 Å². The third-order valence-electron chi connectivity index (χ3n) is 3.32. The Morgan fingerprint density at radius 2 is 2.17 bits per heavy atom. The largest absolute Gasteiger partial charge is 0.385 e. The van der Waals surface area contributed by atoms with Gasteiger partial charge in [-0.15, -0.1) is 0 Å². The number of ether oxygens (including phenoxy) is 1. The van der Waals surface area contributed by atoms with Crippen molar-refractivity contribution in [1.29, 1.82) is 0 Å². The lowest BCUT2D eigenvalue weighted by Gasteiger charge is -2.16. The van der Waals surface area contributed by atoms with Crippen LogP contribution in [0, 0.1) is 0 Å². The van der Waals surface area contributed by atoms with E-state index >= 15 is 0 Å². The number of nitrogens with one attached hydrogen (secondary N) is 1. The molecule has 1 fully saturated rings. The van der Waals surface area contributed by atoms with Crippen molar-refractivity contribution >= 4 is 39.1 Å². The maximum atomic E-state index is 12.0. The van der Waals surface area contributed by atoms with E-state index in [1.54, 1.807) is 7.11 Å². The molecule has 9 heteroatoms. The summed E-state index contributed by atoms with van der Waals surface area (Å²) < 4.78 is 29.4. The molecule has 1 aliphatic heterocycles. The van der Waals surface area contributed by atoms with Crippen LogP contribution in [-0.4, -0.2) is 46.2 Å². The summed E-state index contributed by atoms with van der Waals surface area (Å²) in [4.78, 5) is 23.8. The zero-order chi connectivity index (χ0) is 17.0. The average molecular weight is 361 g/mol. The van der Waals surface area contributed by atoms with E-state index in [2.05, 4.69) is 5.32 Å². The Labute approximate surface area is 139 Å². The van der Waals surface area contributed by atoms with Gasteiger partial charge in [0.25, 0.3) is 5.91 Å². The molecule has 0 unspecified atom stereocenters. The molecule has 0 saturated carbocycles. The average Bonchev–Trinajstić information content (AvgIpc) is 2.76. The number of carbonyl (C=O) groups excluding carboxylic acids is 2. The van der Waals surface area contributed by atoms with E-state index in [0.717, 1.165) is 4.31 Å². The molecular formula is C14H17ClN2O5S. The topological polar surface area (TPSA) is 92.8 Å². The van der Waals surface area contributed by atoms with Gasteiger partial charge in [-0.05, 0) is 24.6 Å². The first-order valence-corrected chi connectivity index (χ1v) is 8.98. The molecule has 1 aromatic rings. The van der Waals surface area contributed by atoms with Crippen molar-refractivity contribution in [2.24, 2.45) is 0 Å². The fourth-order valence-corrected chi connectivity index (χ4v) is 3.91. The minimum Gasteiger partial charge on any atom is -0.385 e. The van der Waals surface area contributed by atoms with Crippen LogP contribution in [-0.2, 0) is 19.6 Å². The molecular weight excluding hydrogens is 344 g/mol. The summed E-state index contributed by atoms with van der Waals surface area (Å²) in [7, 11) is -2.07. The molecule has 126 valence electrons. The van der Waals surface area contributed by atoms with E-state index in [9.17, 15) is 18.0 Å². The predicted octanol–water partition coefficient (Wildman–Crippen LogP) is 1.17. The highest BCUT2D eigenvalue weighted by Gasteiger charge is 2.36. The van der Waals surface area contributed by atoms with Gasteiger partial charge in [-0.25, -0.2) is 12.7 Å². The molecule has 0 aromatic heterocycles. The number of benzene rings is 1. The van der Waals surface area contributed by atoms with E-state index in [-0.39, 0.29) is 34.4 Å². The lowest BCUT2D eigenvalue weighted by atomic mass is 10.2. The molecule has 2 rings (SSSR count). The summed E-state index contributed by atoms with van der Waals surface area (Å²) in [5, 5.41) is 2.77. The number of sulfonamides is 1. The third kappa shape index (κ3) is 4.01. The highest BCUT2D eigenvalue weighted by molar-refractivity contribution is 7.94. The molecule has 23 heavy (non-hydrogen) atoms. The summed E-state index contributed by atoms with van der Waals surface area (Å²) in [6.07, 6.45) is 0.611. The Hall–Kier alpha value is -1.64. The highest BCUT2D eigenvalue weighted by atomic mass is 35.5. The van der Waals surface area contributed by atoms with Crippen molar-refractivity contribution in [2.45, 2.75) is 12.8 Å². The Morgan fingerprint density at radius 3 is 2.74 bits per heavy atom. The van der Waals surface area contributed by atoms with Gasteiger partial charge in [0.05, 0.1) is 22.0 Å². The third-order valence-corrected chi connectivity index (χ3v) is 5.32. The molecule has 0 radical (unpaired) electrons. The van der Waals surface area contributed by atoms with E-state index < -0.39 is 15.9 Å². The van der Waals surface area contributed by atoms with Gasteiger partial charge in [-0.3, -0.25) is 9.59 Å². The van der Waals surface area contributed by atoms with Crippen LogP contribution in [0.5, 0.6) is 0 Å². The Bertz CT molecular complexity index is 720. The lowest BCUT2D eigenvalue weighted by Crippen LogP contribution is -2.29. The molecule has 0 aliphatic carbocycles. The molecule has 0 bridgehead atoms. The van der Waals surface area contributed by atoms with Gasteiger partial charge in [-0.1, -0.05) is 11.6 Å². The number of carbonyl (C=O) groups is 2. The molecule has 0 atom stereocenters. The van der Waals surface area contributed by atoms with E-state index in [1.807, 2.05) is 0 Å². The minimum atomic E-state index is -3.65. The summed E-state index contributed by atoms with van der Waals surface area (Å²) in [6.45, 7) is 0.964. The van der Waals surface area contributed by atoms with Crippen LogP contribution in [0.3, 0.4) is 0 Å². The summed E-state index contributed by atoms with van der Waals surface area (Å²) in [5.74, 6) is -1.09. The van der Waals surface area contributed by atoms with Crippen LogP contribution in [0.2, 0.25) is 5.02 Å². The summed E-state index contributed by atoms with van der Waals surface area (Å²) in [5.41, 5.74) is 0.366. The second-order valence-corrected chi connectivity index (χ2v) is 7.33. The van der Waals surface area contributed by atoms with Gasteiger partial charge in [0.15, 0.2) is 0 Å². The molecule has 0 spiro atoms. The van der Waals surface area contributed by atoms with Crippen LogP contribution >= 0.6 is 11.6 Å². The van der Waals surface area contributed by atoms with Crippen LogP contribution < -0.4 is 9.62 Å².